The minimum absolute atomic E-state index is 0.301. The highest BCUT2D eigenvalue weighted by atomic mass is 127. The summed E-state index contributed by atoms with van der Waals surface area (Å²) in [7, 11) is 0. The minimum Gasteiger partial charge on any atom is -0.459 e. The van der Waals surface area contributed by atoms with Gasteiger partial charge in [-0.1, -0.05) is 11.6 Å². The van der Waals surface area contributed by atoms with Crippen LogP contribution in [-0.2, 0) is 0 Å². The van der Waals surface area contributed by atoms with Crippen LogP contribution in [0.25, 0.3) is 11.0 Å². The molecule has 0 bridgehead atoms. The van der Waals surface area contributed by atoms with E-state index in [0.717, 1.165) is 9.13 Å². The van der Waals surface area contributed by atoms with Crippen LogP contribution in [0, 0.1) is 9.39 Å². The molecule has 2 aromatic carbocycles. The van der Waals surface area contributed by atoms with Crippen molar-refractivity contribution in [1.82, 2.24) is 5.43 Å². The summed E-state index contributed by atoms with van der Waals surface area (Å²) >= 11 is 8.26. The van der Waals surface area contributed by atoms with Crippen molar-refractivity contribution in [2.45, 2.75) is 6.04 Å². The highest BCUT2D eigenvalue weighted by molar-refractivity contribution is 14.1. The fourth-order valence-corrected chi connectivity index (χ4v) is 3.07. The molecule has 3 nitrogen and oxygen atoms in total. The van der Waals surface area contributed by atoms with Gasteiger partial charge in [0.25, 0.3) is 0 Å². The average Bonchev–Trinajstić information content (AvgIpc) is 2.86. The second-order valence-corrected chi connectivity index (χ2v) is 6.20. The van der Waals surface area contributed by atoms with Gasteiger partial charge in [-0.25, -0.2) is 9.82 Å². The molecular weight excluding hydrogens is 406 g/mol. The van der Waals surface area contributed by atoms with Crippen LogP contribution >= 0.6 is 34.2 Å². The van der Waals surface area contributed by atoms with Gasteiger partial charge in [0.05, 0.1) is 0 Å². The van der Waals surface area contributed by atoms with Gasteiger partial charge in [-0.2, -0.15) is 0 Å². The maximum absolute atomic E-state index is 13.3. The van der Waals surface area contributed by atoms with Crippen molar-refractivity contribution in [2.75, 3.05) is 0 Å². The topological polar surface area (TPSA) is 51.2 Å². The molecule has 1 unspecified atom stereocenters. The number of nitrogens with one attached hydrogen (secondary N) is 1. The van der Waals surface area contributed by atoms with E-state index in [1.807, 2.05) is 18.2 Å². The lowest BCUT2D eigenvalue weighted by Crippen LogP contribution is -2.29. The first-order valence-corrected chi connectivity index (χ1v) is 7.64. The molecule has 21 heavy (non-hydrogen) atoms. The molecule has 0 aliphatic carbocycles. The Balaban J connectivity index is 2.11. The summed E-state index contributed by atoms with van der Waals surface area (Å²) in [6.07, 6.45) is 0. The third-order valence-corrected chi connectivity index (χ3v) is 4.44. The van der Waals surface area contributed by atoms with Gasteiger partial charge in [0, 0.05) is 14.0 Å². The van der Waals surface area contributed by atoms with Gasteiger partial charge in [-0.3, -0.25) is 5.84 Å². The molecule has 0 radical (unpaired) electrons. The number of nitrogens with two attached hydrogens (primary N) is 1. The Hall–Kier alpha value is -1.15. The van der Waals surface area contributed by atoms with Crippen LogP contribution in [0.5, 0.6) is 0 Å². The van der Waals surface area contributed by atoms with Crippen molar-refractivity contribution >= 4 is 45.2 Å². The van der Waals surface area contributed by atoms with Gasteiger partial charge in [0.1, 0.15) is 23.2 Å². The van der Waals surface area contributed by atoms with E-state index in [9.17, 15) is 4.39 Å². The van der Waals surface area contributed by atoms with Crippen molar-refractivity contribution in [3.8, 4) is 0 Å². The van der Waals surface area contributed by atoms with E-state index in [4.69, 9.17) is 21.9 Å². The highest BCUT2D eigenvalue weighted by Gasteiger charge is 2.20. The van der Waals surface area contributed by atoms with Crippen LogP contribution in [0.2, 0.25) is 5.02 Å². The van der Waals surface area contributed by atoms with Crippen LogP contribution in [-0.4, -0.2) is 0 Å². The summed E-state index contributed by atoms with van der Waals surface area (Å²) in [6.45, 7) is 0. The Morgan fingerprint density at radius 1 is 1.19 bits per heavy atom. The van der Waals surface area contributed by atoms with Crippen molar-refractivity contribution in [1.29, 1.82) is 0 Å². The number of rotatable bonds is 3. The smallest absolute Gasteiger partial charge is 0.134 e. The van der Waals surface area contributed by atoms with E-state index >= 15 is 0 Å². The molecule has 0 fully saturated rings. The lowest BCUT2D eigenvalue weighted by atomic mass is 10.1. The summed E-state index contributed by atoms with van der Waals surface area (Å²) in [5.41, 5.74) is 4.25. The largest absolute Gasteiger partial charge is 0.459 e. The number of furan rings is 1. The predicted octanol–water partition coefficient (Wildman–Crippen LogP) is 4.38. The zero-order valence-corrected chi connectivity index (χ0v) is 13.7. The van der Waals surface area contributed by atoms with Gasteiger partial charge in [-0.15, -0.1) is 0 Å². The summed E-state index contributed by atoms with van der Waals surface area (Å²) in [5, 5.41) is 1.31. The molecule has 3 aromatic rings. The van der Waals surface area contributed by atoms with Gasteiger partial charge in [-0.05, 0) is 70.6 Å². The Morgan fingerprint density at radius 3 is 2.76 bits per heavy atom. The monoisotopic (exact) mass is 416 g/mol. The third-order valence-electron chi connectivity index (χ3n) is 3.22. The summed E-state index contributed by atoms with van der Waals surface area (Å²) in [5.74, 6) is 5.99. The standard InChI is InChI=1S/C15H11ClFIN2O/c16-9-1-3-12(18)11(7-9)15(20-19)14-6-8-5-10(17)2-4-13(8)21-14/h1-7,15,20H,19H2. The number of hydrogen-bond acceptors (Lipinski definition) is 3. The molecule has 0 amide bonds. The highest BCUT2D eigenvalue weighted by Crippen LogP contribution is 2.31. The lowest BCUT2D eigenvalue weighted by molar-refractivity contribution is 0.476. The number of hydrogen-bond donors (Lipinski definition) is 2. The van der Waals surface area contributed by atoms with Gasteiger partial charge in [0.15, 0.2) is 0 Å². The maximum Gasteiger partial charge on any atom is 0.134 e. The van der Waals surface area contributed by atoms with Crippen LogP contribution in [0.15, 0.2) is 46.9 Å². The Kier molecular flexibility index (Phi) is 4.17. The molecule has 1 atom stereocenters. The SMILES string of the molecule is NNC(c1cc2cc(F)ccc2o1)c1cc(Cl)ccc1I. The molecule has 3 N–H and O–H groups in total. The van der Waals surface area contributed by atoms with Crippen molar-refractivity contribution in [2.24, 2.45) is 5.84 Å². The summed E-state index contributed by atoms with van der Waals surface area (Å²) in [4.78, 5) is 0. The molecule has 0 aliphatic heterocycles. The zero-order chi connectivity index (χ0) is 15.0. The minimum atomic E-state index is -0.355. The Bertz CT molecular complexity index is 805. The van der Waals surface area contributed by atoms with Crippen LogP contribution in [0.4, 0.5) is 4.39 Å². The first-order chi connectivity index (χ1) is 10.1. The second kappa shape index (κ2) is 5.92. The summed E-state index contributed by atoms with van der Waals surface area (Å²) < 4.78 is 20.0. The van der Waals surface area contributed by atoms with E-state index in [-0.39, 0.29) is 11.9 Å². The Labute approximate surface area is 139 Å². The van der Waals surface area contributed by atoms with E-state index in [0.29, 0.717) is 21.8 Å². The lowest BCUT2D eigenvalue weighted by Gasteiger charge is -2.15. The van der Waals surface area contributed by atoms with Gasteiger partial charge in [0.2, 0.25) is 0 Å². The molecule has 0 saturated heterocycles. The molecule has 0 spiro atoms. The third kappa shape index (κ3) is 2.91. The normalized spacial score (nSPS) is 12.8. The quantitative estimate of drug-likeness (QED) is 0.378. The predicted molar refractivity (Wildman–Crippen MR) is 89.5 cm³/mol. The number of hydrazine groups is 1. The molecule has 6 heteroatoms. The average molecular weight is 417 g/mol. The maximum atomic E-state index is 13.3. The van der Waals surface area contributed by atoms with E-state index < -0.39 is 0 Å². The van der Waals surface area contributed by atoms with Crippen LogP contribution in [0.1, 0.15) is 17.4 Å². The molecule has 0 aliphatic rings. The van der Waals surface area contributed by atoms with Gasteiger partial charge < -0.3 is 4.42 Å². The van der Waals surface area contributed by atoms with E-state index in [1.165, 1.54) is 12.1 Å². The molecule has 3 rings (SSSR count). The molecular formula is C15H11ClFIN2O. The number of fused-ring (bicyclic) bond motifs is 1. The van der Waals surface area contributed by atoms with Crippen molar-refractivity contribution in [3.63, 3.8) is 0 Å². The van der Waals surface area contributed by atoms with Crippen molar-refractivity contribution in [3.05, 3.63) is 68.2 Å². The molecule has 1 aromatic heterocycles. The zero-order valence-electron chi connectivity index (χ0n) is 10.7. The van der Waals surface area contributed by atoms with Crippen LogP contribution < -0.4 is 11.3 Å². The first kappa shape index (κ1) is 14.8. The summed E-state index contributed by atoms with van der Waals surface area (Å²) in [6, 6.07) is 11.4. The number of benzene rings is 2. The fourth-order valence-electron chi connectivity index (χ4n) is 2.24. The first-order valence-electron chi connectivity index (χ1n) is 6.18. The molecule has 1 heterocycles. The second-order valence-electron chi connectivity index (χ2n) is 4.60. The van der Waals surface area contributed by atoms with Crippen LogP contribution in [0.3, 0.4) is 0 Å². The van der Waals surface area contributed by atoms with E-state index in [1.54, 1.807) is 12.1 Å². The molecule has 0 saturated carbocycles. The molecule has 108 valence electrons. The van der Waals surface area contributed by atoms with Crippen molar-refractivity contribution < 1.29 is 8.81 Å². The Morgan fingerprint density at radius 2 is 2.00 bits per heavy atom. The van der Waals surface area contributed by atoms with Gasteiger partial charge >= 0.3 is 0 Å². The number of halogens is 3. The van der Waals surface area contributed by atoms with E-state index in [2.05, 4.69) is 28.0 Å². The fraction of sp³-hybridized carbons (Fsp3) is 0.0667.